The molecule has 0 bridgehead atoms. The zero-order valence-corrected chi connectivity index (χ0v) is 10.4. The SMILES string of the molecule is CCCCC.CCCCCCCC. The van der Waals surface area contributed by atoms with E-state index in [2.05, 4.69) is 27.7 Å². The van der Waals surface area contributed by atoms with Crippen molar-refractivity contribution in [1.29, 1.82) is 0 Å². The molecule has 82 valence electrons. The highest BCUT2D eigenvalue weighted by Crippen LogP contribution is 2.03. The van der Waals surface area contributed by atoms with Crippen molar-refractivity contribution in [2.24, 2.45) is 0 Å². The fourth-order valence-electron chi connectivity index (χ4n) is 1.21. The van der Waals surface area contributed by atoms with Crippen LogP contribution < -0.4 is 0 Å². The predicted molar refractivity (Wildman–Crippen MR) is 64.2 cm³/mol. The molecule has 0 aromatic carbocycles. The Kier molecular flexibility index (Phi) is 21.3. The quantitative estimate of drug-likeness (QED) is 0.456. The van der Waals surface area contributed by atoms with Crippen molar-refractivity contribution in [3.63, 3.8) is 0 Å². The number of hydrogen-bond donors (Lipinski definition) is 0. The van der Waals surface area contributed by atoms with E-state index in [4.69, 9.17) is 0 Å². The zero-order chi connectivity index (χ0) is 10.4. The van der Waals surface area contributed by atoms with Gasteiger partial charge in [0.15, 0.2) is 0 Å². The van der Waals surface area contributed by atoms with Gasteiger partial charge in [-0.05, 0) is 0 Å². The lowest BCUT2D eigenvalue weighted by atomic mass is 10.1. The van der Waals surface area contributed by atoms with Crippen molar-refractivity contribution in [2.45, 2.75) is 85.5 Å². The molecule has 13 heavy (non-hydrogen) atoms. The van der Waals surface area contributed by atoms with Crippen LogP contribution in [0.25, 0.3) is 0 Å². The maximum atomic E-state index is 2.26. The number of hydrogen-bond acceptors (Lipinski definition) is 0. The molecule has 0 atom stereocenters. The number of rotatable bonds is 7. The van der Waals surface area contributed by atoms with Crippen LogP contribution in [0.15, 0.2) is 0 Å². The van der Waals surface area contributed by atoms with Crippen molar-refractivity contribution >= 4 is 0 Å². The molecule has 0 rings (SSSR count). The summed E-state index contributed by atoms with van der Waals surface area (Å²) in [7, 11) is 0. The molecule has 0 unspecified atom stereocenters. The van der Waals surface area contributed by atoms with Gasteiger partial charge in [-0.3, -0.25) is 0 Å². The molecular weight excluding hydrogens is 156 g/mol. The summed E-state index contributed by atoms with van der Waals surface area (Å²) in [5.41, 5.74) is 0. The Morgan fingerprint density at radius 3 is 0.846 bits per heavy atom. The van der Waals surface area contributed by atoms with Gasteiger partial charge in [0.1, 0.15) is 0 Å². The summed E-state index contributed by atoms with van der Waals surface area (Å²) in [5.74, 6) is 0. The second-order valence-corrected chi connectivity index (χ2v) is 3.77. The highest BCUT2D eigenvalue weighted by Gasteiger charge is 1.83. The summed E-state index contributed by atoms with van der Waals surface area (Å²) in [4.78, 5) is 0. The van der Waals surface area contributed by atoms with E-state index >= 15 is 0 Å². The van der Waals surface area contributed by atoms with Crippen LogP contribution in [0.3, 0.4) is 0 Å². The van der Waals surface area contributed by atoms with Crippen molar-refractivity contribution in [3.8, 4) is 0 Å². The van der Waals surface area contributed by atoms with Gasteiger partial charge in [-0.25, -0.2) is 0 Å². The minimum absolute atomic E-state index is 1.34. The maximum absolute atomic E-state index is 2.26. The van der Waals surface area contributed by atoms with E-state index in [0.717, 1.165) is 0 Å². The maximum Gasteiger partial charge on any atom is -0.0533 e. The van der Waals surface area contributed by atoms with Crippen LogP contribution >= 0.6 is 0 Å². The predicted octanol–water partition coefficient (Wildman–Crippen LogP) is 5.56. The molecule has 0 radical (unpaired) electrons. The fourth-order valence-corrected chi connectivity index (χ4v) is 1.21. The smallest absolute Gasteiger partial charge is 0.0533 e. The van der Waals surface area contributed by atoms with E-state index in [1.165, 1.54) is 57.8 Å². The van der Waals surface area contributed by atoms with Crippen LogP contribution in [-0.4, -0.2) is 0 Å². The highest BCUT2D eigenvalue weighted by atomic mass is 13.9. The first-order valence-corrected chi connectivity index (χ1v) is 6.33. The second kappa shape index (κ2) is 17.9. The summed E-state index contributed by atoms with van der Waals surface area (Å²) in [6.45, 7) is 8.94. The molecule has 0 heterocycles. The normalized spacial score (nSPS) is 9.23. The molecule has 0 nitrogen and oxygen atoms in total. The molecule has 0 spiro atoms. The first-order valence-electron chi connectivity index (χ1n) is 6.33. The Bertz CT molecular complexity index is 49.1. The Morgan fingerprint density at radius 1 is 0.385 bits per heavy atom. The van der Waals surface area contributed by atoms with Crippen LogP contribution in [-0.2, 0) is 0 Å². The lowest BCUT2D eigenvalue weighted by Crippen LogP contribution is -1.73. The molecular formula is C13H30. The minimum atomic E-state index is 1.34. The first-order chi connectivity index (χ1) is 6.33. The largest absolute Gasteiger partial charge is 0.0654 e. The Morgan fingerprint density at radius 2 is 0.692 bits per heavy atom. The molecule has 0 aliphatic carbocycles. The van der Waals surface area contributed by atoms with Crippen molar-refractivity contribution in [3.05, 3.63) is 0 Å². The van der Waals surface area contributed by atoms with Crippen LogP contribution in [0.2, 0.25) is 0 Å². The van der Waals surface area contributed by atoms with Crippen LogP contribution in [0.5, 0.6) is 0 Å². The summed E-state index contributed by atoms with van der Waals surface area (Å²) in [6, 6.07) is 0. The van der Waals surface area contributed by atoms with Gasteiger partial charge in [0, 0.05) is 0 Å². The highest BCUT2D eigenvalue weighted by molar-refractivity contribution is 4.39. The van der Waals surface area contributed by atoms with E-state index in [9.17, 15) is 0 Å². The van der Waals surface area contributed by atoms with Gasteiger partial charge < -0.3 is 0 Å². The number of unbranched alkanes of at least 4 members (excludes halogenated alkanes) is 7. The van der Waals surface area contributed by atoms with E-state index in [0.29, 0.717) is 0 Å². The standard InChI is InChI=1S/C8H18.C5H12/c1-3-5-7-8-6-4-2;1-3-5-4-2/h3-8H2,1-2H3;3-5H2,1-2H3. The van der Waals surface area contributed by atoms with Gasteiger partial charge in [0.2, 0.25) is 0 Å². The first kappa shape index (κ1) is 15.5. The van der Waals surface area contributed by atoms with Crippen LogP contribution in [0.4, 0.5) is 0 Å². The summed E-state index contributed by atoms with van der Waals surface area (Å²) < 4.78 is 0. The summed E-state index contributed by atoms with van der Waals surface area (Å²) in [5, 5.41) is 0. The zero-order valence-electron chi connectivity index (χ0n) is 10.4. The van der Waals surface area contributed by atoms with Gasteiger partial charge in [-0.2, -0.15) is 0 Å². The van der Waals surface area contributed by atoms with Crippen molar-refractivity contribution in [1.82, 2.24) is 0 Å². The topological polar surface area (TPSA) is 0 Å². The summed E-state index contributed by atoms with van der Waals surface area (Å²) >= 11 is 0. The Labute approximate surface area is 86.1 Å². The molecule has 0 saturated carbocycles. The molecule has 0 saturated heterocycles. The van der Waals surface area contributed by atoms with E-state index < -0.39 is 0 Å². The molecule has 0 aliphatic heterocycles. The van der Waals surface area contributed by atoms with Gasteiger partial charge in [0.05, 0.1) is 0 Å². The molecule has 0 fully saturated rings. The molecule has 0 N–H and O–H groups in total. The second-order valence-electron chi connectivity index (χ2n) is 3.77. The van der Waals surface area contributed by atoms with Gasteiger partial charge in [-0.15, -0.1) is 0 Å². The molecule has 0 aromatic heterocycles. The summed E-state index contributed by atoms with van der Waals surface area (Å²) in [6.07, 6.45) is 12.6. The van der Waals surface area contributed by atoms with Crippen molar-refractivity contribution in [2.75, 3.05) is 0 Å². The third-order valence-corrected chi connectivity index (χ3v) is 2.16. The van der Waals surface area contributed by atoms with Gasteiger partial charge >= 0.3 is 0 Å². The Hall–Kier alpha value is 0. The molecule has 0 amide bonds. The molecule has 0 aliphatic rings. The lowest BCUT2D eigenvalue weighted by Gasteiger charge is -1.93. The van der Waals surface area contributed by atoms with Crippen LogP contribution in [0, 0.1) is 0 Å². The average molecular weight is 186 g/mol. The average Bonchev–Trinajstić information content (AvgIpc) is 2.15. The van der Waals surface area contributed by atoms with Crippen LogP contribution in [0.1, 0.15) is 85.5 Å². The van der Waals surface area contributed by atoms with E-state index in [-0.39, 0.29) is 0 Å². The van der Waals surface area contributed by atoms with Gasteiger partial charge in [-0.1, -0.05) is 85.5 Å². The van der Waals surface area contributed by atoms with E-state index in [1.807, 2.05) is 0 Å². The lowest BCUT2D eigenvalue weighted by molar-refractivity contribution is 0.624. The van der Waals surface area contributed by atoms with Gasteiger partial charge in [0.25, 0.3) is 0 Å². The third kappa shape index (κ3) is 24.5. The third-order valence-electron chi connectivity index (χ3n) is 2.16. The van der Waals surface area contributed by atoms with Crippen molar-refractivity contribution < 1.29 is 0 Å². The minimum Gasteiger partial charge on any atom is -0.0654 e. The van der Waals surface area contributed by atoms with E-state index in [1.54, 1.807) is 0 Å². The fraction of sp³-hybridized carbons (Fsp3) is 1.00. The molecule has 0 heteroatoms. The monoisotopic (exact) mass is 186 g/mol. The molecule has 0 aromatic rings. The Balaban J connectivity index is 0.